The molecule has 0 amide bonds. The normalized spacial score (nSPS) is 16.6. The Hall–Kier alpha value is -4.58. The predicted octanol–water partition coefficient (Wildman–Crippen LogP) is 7.11. The van der Waals surface area contributed by atoms with Crippen LogP contribution in [0.2, 0.25) is 5.02 Å². The van der Waals surface area contributed by atoms with Crippen LogP contribution in [0.1, 0.15) is 31.0 Å². The average Bonchev–Trinajstić information content (AvgIpc) is 3.58. The lowest BCUT2D eigenvalue weighted by Crippen LogP contribution is -2.49. The lowest BCUT2D eigenvalue weighted by molar-refractivity contribution is -0.00222. The molecule has 9 nitrogen and oxygen atoms in total. The van der Waals surface area contributed by atoms with Crippen molar-refractivity contribution in [3.8, 4) is 5.75 Å². The molecular formula is C35H33ClFN5O4S. The largest absolute Gasteiger partial charge is 0.487 e. The van der Waals surface area contributed by atoms with Crippen LogP contribution in [0.15, 0.2) is 109 Å². The van der Waals surface area contributed by atoms with Crippen molar-refractivity contribution < 1.29 is 22.3 Å². The predicted molar refractivity (Wildman–Crippen MR) is 180 cm³/mol. The molecule has 2 unspecified atom stereocenters. The minimum Gasteiger partial charge on any atom is -0.487 e. The van der Waals surface area contributed by atoms with E-state index < -0.39 is 15.4 Å². The molecular weight excluding hydrogens is 641 g/mol. The number of aromatic nitrogens is 3. The maximum atomic E-state index is 13.5. The third kappa shape index (κ3) is 7.22. The molecule has 5 aromatic rings. The third-order valence-corrected chi connectivity index (χ3v) is 10.1. The summed E-state index contributed by atoms with van der Waals surface area (Å²) >= 11 is 6.55. The zero-order valence-corrected chi connectivity index (χ0v) is 27.1. The van der Waals surface area contributed by atoms with Crippen LogP contribution < -0.4 is 15.4 Å². The summed E-state index contributed by atoms with van der Waals surface area (Å²) in [5, 5.41) is 7.86. The standard InChI is InChI=1S/C35H33ClFN5O4S/c1-2-32(38-15-17-47(43,44)27-10-4-3-5-11-27)35(14-7-16-46-35)33-20-28-30(21-39-33)40-23-41-34(28)42-26-12-13-31(29(36)19-26)45-22-24-8-6-9-25(37)18-24/h3-13,16,18-21,23,32,38H,2,14-15,17,22H2,1H3,(H,40,41,42). The molecule has 3 aromatic carbocycles. The van der Waals surface area contributed by atoms with Crippen molar-refractivity contribution in [2.75, 3.05) is 17.6 Å². The number of rotatable bonds is 13. The van der Waals surface area contributed by atoms with Gasteiger partial charge in [-0.25, -0.2) is 22.8 Å². The second-order valence-corrected chi connectivity index (χ2v) is 13.6. The van der Waals surface area contributed by atoms with Crippen LogP contribution >= 0.6 is 11.6 Å². The number of fused-ring (bicyclic) bond motifs is 1. The van der Waals surface area contributed by atoms with Gasteiger partial charge in [-0.3, -0.25) is 4.98 Å². The van der Waals surface area contributed by atoms with Gasteiger partial charge in [0.1, 0.15) is 30.3 Å². The summed E-state index contributed by atoms with van der Waals surface area (Å²) in [6, 6.07) is 21.6. The summed E-state index contributed by atoms with van der Waals surface area (Å²) in [6.45, 7) is 2.44. The van der Waals surface area contributed by atoms with E-state index >= 15 is 0 Å². The number of halogens is 2. The topological polar surface area (TPSA) is 115 Å². The zero-order chi connectivity index (χ0) is 32.9. The minimum absolute atomic E-state index is 0.0543. The molecule has 1 aliphatic heterocycles. The second-order valence-electron chi connectivity index (χ2n) is 11.1. The molecule has 0 aliphatic carbocycles. The van der Waals surface area contributed by atoms with Crippen molar-refractivity contribution >= 4 is 43.8 Å². The number of ether oxygens (including phenoxy) is 2. The van der Waals surface area contributed by atoms with E-state index in [1.807, 2.05) is 25.1 Å². The zero-order valence-electron chi connectivity index (χ0n) is 25.6. The summed E-state index contributed by atoms with van der Waals surface area (Å²) < 4.78 is 51.4. The van der Waals surface area contributed by atoms with E-state index in [9.17, 15) is 12.8 Å². The molecule has 12 heteroatoms. The van der Waals surface area contributed by atoms with Crippen molar-refractivity contribution in [2.45, 2.75) is 42.9 Å². The first-order valence-corrected chi connectivity index (χ1v) is 17.2. The van der Waals surface area contributed by atoms with Crippen LogP contribution in [0.4, 0.5) is 15.9 Å². The summed E-state index contributed by atoms with van der Waals surface area (Å²) in [7, 11) is -3.45. The molecule has 0 saturated carbocycles. The fraction of sp³-hybridized carbons (Fsp3) is 0.229. The van der Waals surface area contributed by atoms with E-state index in [0.717, 1.165) is 5.39 Å². The van der Waals surface area contributed by atoms with Crippen LogP contribution in [0, 0.1) is 5.82 Å². The Morgan fingerprint density at radius 2 is 1.89 bits per heavy atom. The average molecular weight is 674 g/mol. The van der Waals surface area contributed by atoms with Crippen molar-refractivity contribution in [1.29, 1.82) is 0 Å². The van der Waals surface area contributed by atoms with Gasteiger partial charge in [-0.1, -0.05) is 48.9 Å². The Bertz CT molecular complexity index is 2000. The van der Waals surface area contributed by atoms with Crippen LogP contribution in [-0.4, -0.2) is 41.7 Å². The molecule has 242 valence electrons. The number of hydrogen-bond donors (Lipinski definition) is 2. The van der Waals surface area contributed by atoms with Crippen molar-refractivity contribution in [3.63, 3.8) is 0 Å². The van der Waals surface area contributed by atoms with Gasteiger partial charge in [-0.15, -0.1) is 0 Å². The fourth-order valence-electron chi connectivity index (χ4n) is 5.67. The van der Waals surface area contributed by atoms with Gasteiger partial charge in [0.15, 0.2) is 15.4 Å². The van der Waals surface area contributed by atoms with Crippen LogP contribution in [-0.2, 0) is 26.8 Å². The van der Waals surface area contributed by atoms with E-state index in [0.29, 0.717) is 56.8 Å². The van der Waals surface area contributed by atoms with E-state index in [2.05, 4.69) is 20.6 Å². The Labute approximate surface area is 277 Å². The van der Waals surface area contributed by atoms with E-state index in [1.54, 1.807) is 67.1 Å². The maximum absolute atomic E-state index is 13.5. The van der Waals surface area contributed by atoms with Gasteiger partial charge in [0, 0.05) is 24.0 Å². The van der Waals surface area contributed by atoms with Gasteiger partial charge in [-0.05, 0) is 66.6 Å². The van der Waals surface area contributed by atoms with Crippen molar-refractivity contribution in [3.05, 3.63) is 126 Å². The number of benzene rings is 3. The Kier molecular flexibility index (Phi) is 9.67. The quantitative estimate of drug-likeness (QED) is 0.135. The van der Waals surface area contributed by atoms with Gasteiger partial charge >= 0.3 is 0 Å². The molecule has 3 heterocycles. The molecule has 0 saturated heterocycles. The first-order chi connectivity index (χ1) is 22.8. The monoisotopic (exact) mass is 673 g/mol. The number of nitrogens with one attached hydrogen (secondary N) is 2. The number of anilines is 2. The molecule has 6 rings (SSSR count). The SMILES string of the molecule is CCC(NCCS(=O)(=O)c1ccccc1)C1(c2cc3c(Nc4ccc(OCc5cccc(F)c5)c(Cl)c4)ncnc3cn2)CC=CO1. The smallest absolute Gasteiger partial charge is 0.179 e. The Morgan fingerprint density at radius 3 is 2.64 bits per heavy atom. The van der Waals surface area contributed by atoms with Crippen LogP contribution in [0.25, 0.3) is 10.9 Å². The molecule has 1 aliphatic rings. The first kappa shape index (κ1) is 32.4. The Morgan fingerprint density at radius 1 is 1.04 bits per heavy atom. The number of pyridine rings is 1. The number of nitrogens with zero attached hydrogens (tertiary/aromatic N) is 3. The fourth-order valence-corrected chi connectivity index (χ4v) is 7.10. The van der Waals surface area contributed by atoms with Crippen molar-refractivity contribution in [2.24, 2.45) is 0 Å². The lowest BCUT2D eigenvalue weighted by atomic mass is 9.85. The molecule has 0 spiro atoms. The van der Waals surface area contributed by atoms with Gasteiger partial charge in [0.25, 0.3) is 0 Å². The molecule has 2 N–H and O–H groups in total. The Balaban J connectivity index is 1.21. The van der Waals surface area contributed by atoms with Crippen LogP contribution in [0.3, 0.4) is 0 Å². The molecule has 0 bridgehead atoms. The van der Waals surface area contributed by atoms with Gasteiger partial charge < -0.3 is 20.1 Å². The van der Waals surface area contributed by atoms with E-state index in [1.165, 1.54) is 18.5 Å². The van der Waals surface area contributed by atoms with E-state index in [-0.39, 0.29) is 30.8 Å². The van der Waals surface area contributed by atoms with Crippen molar-refractivity contribution in [1.82, 2.24) is 20.3 Å². The highest BCUT2D eigenvalue weighted by Gasteiger charge is 2.44. The van der Waals surface area contributed by atoms with Crippen LogP contribution in [0.5, 0.6) is 5.75 Å². The summed E-state index contributed by atoms with van der Waals surface area (Å²) in [5.41, 5.74) is 1.79. The maximum Gasteiger partial charge on any atom is 0.179 e. The molecule has 47 heavy (non-hydrogen) atoms. The molecule has 0 fully saturated rings. The first-order valence-electron chi connectivity index (χ1n) is 15.2. The number of hydrogen-bond acceptors (Lipinski definition) is 9. The molecule has 2 aromatic heterocycles. The summed E-state index contributed by atoms with van der Waals surface area (Å²) in [6.07, 6.45) is 7.96. The highest BCUT2D eigenvalue weighted by molar-refractivity contribution is 7.91. The summed E-state index contributed by atoms with van der Waals surface area (Å²) in [5.74, 6) is 0.619. The minimum atomic E-state index is -3.45. The molecule has 0 radical (unpaired) electrons. The number of sulfone groups is 1. The highest BCUT2D eigenvalue weighted by Crippen LogP contribution is 2.40. The lowest BCUT2D eigenvalue weighted by Gasteiger charge is -2.36. The van der Waals surface area contributed by atoms with Gasteiger partial charge in [0.05, 0.1) is 45.4 Å². The summed E-state index contributed by atoms with van der Waals surface area (Å²) in [4.78, 5) is 14.0. The third-order valence-electron chi connectivity index (χ3n) is 8.06. The van der Waals surface area contributed by atoms with Gasteiger partial charge in [0.2, 0.25) is 0 Å². The van der Waals surface area contributed by atoms with E-state index in [4.69, 9.17) is 26.1 Å². The second kappa shape index (κ2) is 14.0. The highest BCUT2D eigenvalue weighted by atomic mass is 35.5. The molecule has 2 atom stereocenters. The van der Waals surface area contributed by atoms with Gasteiger partial charge in [-0.2, -0.15) is 0 Å².